The highest BCUT2D eigenvalue weighted by Gasteiger charge is 2.19. The van der Waals surface area contributed by atoms with Crippen LogP contribution < -0.4 is 15.1 Å². The van der Waals surface area contributed by atoms with Gasteiger partial charge in [-0.05, 0) is 18.9 Å². The summed E-state index contributed by atoms with van der Waals surface area (Å²) in [4.78, 5) is 23.3. The van der Waals surface area contributed by atoms with E-state index in [1.54, 1.807) is 0 Å². The molecule has 19 heavy (non-hydrogen) atoms. The van der Waals surface area contributed by atoms with Gasteiger partial charge in [-0.2, -0.15) is 5.26 Å². The quantitative estimate of drug-likeness (QED) is 0.647. The summed E-state index contributed by atoms with van der Waals surface area (Å²) < 4.78 is 0. The molecule has 0 amide bonds. The van der Waals surface area contributed by atoms with Crippen LogP contribution in [0.3, 0.4) is 0 Å². The molecule has 1 aromatic rings. The maximum absolute atomic E-state index is 10.7. The van der Waals surface area contributed by atoms with Crippen LogP contribution in [0.25, 0.3) is 0 Å². The Morgan fingerprint density at radius 1 is 1.32 bits per heavy atom. The first-order valence-electron chi connectivity index (χ1n) is 5.57. The fourth-order valence-electron chi connectivity index (χ4n) is 1.84. The Morgan fingerprint density at radius 3 is 2.21 bits per heavy atom. The van der Waals surface area contributed by atoms with Gasteiger partial charge in [-0.15, -0.1) is 11.3 Å². The van der Waals surface area contributed by atoms with E-state index in [9.17, 15) is 19.8 Å². The standard InChI is InChI=1S/C12H14N2O4S/c1-3-8-7(2)19-12(9(8)4-13)14(5-10(15)16)6-11(17)18/h3,5-6H2,1-2H3,(H,15,16)(H,17,18)/p-2. The fourth-order valence-corrected chi connectivity index (χ4v) is 3.03. The van der Waals surface area contributed by atoms with E-state index in [1.165, 1.54) is 11.3 Å². The SMILES string of the molecule is CCc1c(C)sc(N(CC(=O)[O-])CC(=O)[O-])c1C#N. The molecule has 0 aromatic carbocycles. The number of carbonyl (C=O) groups is 2. The van der Waals surface area contributed by atoms with E-state index >= 15 is 0 Å². The molecule has 0 unspecified atom stereocenters. The second-order valence-electron chi connectivity index (χ2n) is 3.88. The van der Waals surface area contributed by atoms with Gasteiger partial charge in [0.25, 0.3) is 0 Å². The van der Waals surface area contributed by atoms with Gasteiger partial charge in [0.05, 0.1) is 30.6 Å². The van der Waals surface area contributed by atoms with E-state index in [-0.39, 0.29) is 0 Å². The van der Waals surface area contributed by atoms with Gasteiger partial charge in [-0.1, -0.05) is 6.92 Å². The first-order chi connectivity index (χ1) is 8.90. The van der Waals surface area contributed by atoms with Crippen molar-refractivity contribution in [1.82, 2.24) is 0 Å². The number of hydrogen-bond acceptors (Lipinski definition) is 7. The summed E-state index contributed by atoms with van der Waals surface area (Å²) in [5.74, 6) is -2.82. The minimum Gasteiger partial charge on any atom is -0.548 e. The average molecular weight is 280 g/mol. The van der Waals surface area contributed by atoms with Crippen LogP contribution in [-0.2, 0) is 16.0 Å². The minimum absolute atomic E-state index is 0.326. The minimum atomic E-state index is -1.41. The number of anilines is 1. The molecule has 0 radical (unpaired) electrons. The van der Waals surface area contributed by atoms with Crippen molar-refractivity contribution in [1.29, 1.82) is 5.26 Å². The third-order valence-electron chi connectivity index (χ3n) is 2.58. The predicted molar refractivity (Wildman–Crippen MR) is 65.4 cm³/mol. The zero-order valence-corrected chi connectivity index (χ0v) is 11.4. The summed E-state index contributed by atoms with van der Waals surface area (Å²) in [5, 5.41) is 30.9. The number of hydrogen-bond donors (Lipinski definition) is 0. The molecule has 0 aliphatic carbocycles. The van der Waals surface area contributed by atoms with Crippen LogP contribution in [0.1, 0.15) is 22.9 Å². The topological polar surface area (TPSA) is 107 Å². The van der Waals surface area contributed by atoms with Crippen molar-refractivity contribution in [3.8, 4) is 6.07 Å². The van der Waals surface area contributed by atoms with E-state index < -0.39 is 25.0 Å². The number of nitriles is 1. The lowest BCUT2D eigenvalue weighted by molar-refractivity contribution is -0.304. The molecule has 0 saturated carbocycles. The third-order valence-corrected chi connectivity index (χ3v) is 3.79. The Morgan fingerprint density at radius 2 is 1.84 bits per heavy atom. The van der Waals surface area contributed by atoms with Crippen molar-refractivity contribution in [3.05, 3.63) is 16.0 Å². The zero-order chi connectivity index (χ0) is 14.6. The number of aliphatic carboxylic acids is 2. The number of carboxylic acids is 2. The molecule has 0 spiro atoms. The first-order valence-corrected chi connectivity index (χ1v) is 6.39. The lowest BCUT2D eigenvalue weighted by atomic mass is 10.1. The third kappa shape index (κ3) is 3.45. The van der Waals surface area contributed by atoms with E-state index in [0.717, 1.165) is 15.3 Å². The van der Waals surface area contributed by atoms with Crippen molar-refractivity contribution in [2.75, 3.05) is 18.0 Å². The Kier molecular flexibility index (Phi) is 4.89. The van der Waals surface area contributed by atoms with Gasteiger partial charge >= 0.3 is 0 Å². The van der Waals surface area contributed by atoms with E-state index in [2.05, 4.69) is 0 Å². The van der Waals surface area contributed by atoms with Crippen molar-refractivity contribution >= 4 is 28.3 Å². The maximum atomic E-state index is 10.7. The van der Waals surface area contributed by atoms with E-state index in [1.807, 2.05) is 19.9 Å². The zero-order valence-electron chi connectivity index (χ0n) is 10.6. The van der Waals surface area contributed by atoms with Crippen molar-refractivity contribution < 1.29 is 19.8 Å². The molecule has 0 aliphatic heterocycles. The molecule has 0 bridgehead atoms. The number of thiophene rings is 1. The van der Waals surface area contributed by atoms with Gasteiger partial charge in [0.2, 0.25) is 0 Å². The van der Waals surface area contributed by atoms with Crippen molar-refractivity contribution in [2.45, 2.75) is 20.3 Å². The number of aryl methyl sites for hydroxylation is 1. The second-order valence-corrected chi connectivity index (χ2v) is 5.09. The summed E-state index contributed by atoms with van der Waals surface area (Å²) >= 11 is 1.20. The molecule has 1 aromatic heterocycles. The molecule has 6 nitrogen and oxygen atoms in total. The van der Waals surface area contributed by atoms with Crippen LogP contribution in [0.5, 0.6) is 0 Å². The Hall–Kier alpha value is -2.07. The fraction of sp³-hybridized carbons (Fsp3) is 0.417. The van der Waals surface area contributed by atoms with Crippen molar-refractivity contribution in [2.24, 2.45) is 0 Å². The highest BCUT2D eigenvalue weighted by molar-refractivity contribution is 7.16. The molecule has 7 heteroatoms. The molecule has 0 N–H and O–H groups in total. The Labute approximate surface area is 114 Å². The largest absolute Gasteiger partial charge is 0.548 e. The molecular formula is C12H12N2O4S-2. The summed E-state index contributed by atoms with van der Waals surface area (Å²) in [6.45, 7) is 2.50. The highest BCUT2D eigenvalue weighted by atomic mass is 32.1. The van der Waals surface area contributed by atoms with Crippen LogP contribution in [0.15, 0.2) is 0 Å². The molecular weight excluding hydrogens is 268 g/mol. The van der Waals surface area contributed by atoms with E-state index in [0.29, 0.717) is 17.0 Å². The summed E-state index contributed by atoms with van der Waals surface area (Å²) in [6.07, 6.45) is 0.621. The van der Waals surface area contributed by atoms with Crippen molar-refractivity contribution in [3.63, 3.8) is 0 Å². The van der Waals surface area contributed by atoms with Gasteiger partial charge in [-0.25, -0.2) is 0 Å². The summed E-state index contributed by atoms with van der Waals surface area (Å²) in [5.41, 5.74) is 1.14. The maximum Gasteiger partial charge on any atom is 0.110 e. The molecule has 0 saturated heterocycles. The van der Waals surface area contributed by atoms with Crippen LogP contribution >= 0.6 is 11.3 Å². The Balaban J connectivity index is 3.25. The van der Waals surface area contributed by atoms with Gasteiger partial charge < -0.3 is 24.7 Å². The number of carboxylic acid groups (broad SMARTS) is 2. The molecule has 0 fully saturated rings. The van der Waals surface area contributed by atoms with Crippen LogP contribution in [-0.4, -0.2) is 25.0 Å². The highest BCUT2D eigenvalue weighted by Crippen LogP contribution is 2.35. The number of nitrogens with zero attached hydrogens (tertiary/aromatic N) is 2. The lowest BCUT2D eigenvalue weighted by Gasteiger charge is -2.24. The smallest absolute Gasteiger partial charge is 0.110 e. The monoisotopic (exact) mass is 280 g/mol. The molecule has 0 aliphatic rings. The van der Waals surface area contributed by atoms with Gasteiger partial charge in [-0.3, -0.25) is 0 Å². The summed E-state index contributed by atoms with van der Waals surface area (Å²) in [6, 6.07) is 2.00. The van der Waals surface area contributed by atoms with Crippen LogP contribution in [0.2, 0.25) is 0 Å². The first kappa shape index (κ1) is 15.0. The van der Waals surface area contributed by atoms with Gasteiger partial charge in [0.1, 0.15) is 11.1 Å². The molecule has 102 valence electrons. The Bertz CT molecular complexity index is 529. The normalized spacial score (nSPS) is 9.95. The summed E-state index contributed by atoms with van der Waals surface area (Å²) in [7, 11) is 0. The number of carbonyl (C=O) groups excluding carboxylic acids is 2. The molecule has 0 atom stereocenters. The molecule has 1 heterocycles. The van der Waals surface area contributed by atoms with Crippen LogP contribution in [0, 0.1) is 18.3 Å². The second kappa shape index (κ2) is 6.20. The lowest BCUT2D eigenvalue weighted by Crippen LogP contribution is -2.44. The van der Waals surface area contributed by atoms with Gasteiger partial charge in [0, 0.05) is 4.88 Å². The van der Waals surface area contributed by atoms with E-state index in [4.69, 9.17) is 5.26 Å². The average Bonchev–Trinajstić information content (AvgIpc) is 2.63. The van der Waals surface area contributed by atoms with Gasteiger partial charge in [0.15, 0.2) is 0 Å². The molecule has 1 rings (SSSR count). The predicted octanol–water partition coefficient (Wildman–Crippen LogP) is -1.20. The number of rotatable bonds is 6. The van der Waals surface area contributed by atoms with Crippen LogP contribution in [0.4, 0.5) is 5.00 Å².